The van der Waals surface area contributed by atoms with E-state index in [1.54, 1.807) is 4.90 Å². The van der Waals surface area contributed by atoms with Gasteiger partial charge in [-0.15, -0.1) is 11.3 Å². The fourth-order valence-electron chi connectivity index (χ4n) is 3.33. The molecule has 1 fully saturated rings. The zero-order chi connectivity index (χ0) is 21.5. The van der Waals surface area contributed by atoms with Crippen molar-refractivity contribution in [1.29, 1.82) is 0 Å². The second kappa shape index (κ2) is 10.2. The highest BCUT2D eigenvalue weighted by molar-refractivity contribution is 7.15. The molecule has 0 spiro atoms. The van der Waals surface area contributed by atoms with Gasteiger partial charge in [0.2, 0.25) is 5.91 Å². The molecule has 1 aliphatic heterocycles. The average Bonchev–Trinajstić information content (AvgIpc) is 3.15. The Labute approximate surface area is 180 Å². The number of nitrogens with zero attached hydrogens (tertiary/aromatic N) is 1. The maximum atomic E-state index is 13.0. The number of carbonyl (C=O) groups is 3. The molecular formula is C23H26N2O4S. The highest BCUT2D eigenvalue weighted by Gasteiger charge is 2.24. The largest absolute Gasteiger partial charge is 0.452 e. The summed E-state index contributed by atoms with van der Waals surface area (Å²) in [6.45, 7) is 4.75. The number of esters is 1. The van der Waals surface area contributed by atoms with Crippen LogP contribution in [0, 0.1) is 0 Å². The van der Waals surface area contributed by atoms with Crippen LogP contribution in [0.15, 0.2) is 47.4 Å². The summed E-state index contributed by atoms with van der Waals surface area (Å²) >= 11 is 1.26. The first-order chi connectivity index (χ1) is 14.5. The summed E-state index contributed by atoms with van der Waals surface area (Å²) in [6, 6.07) is 9.42. The zero-order valence-electron chi connectivity index (χ0n) is 17.3. The normalized spacial score (nSPS) is 13.5. The third-order valence-electron chi connectivity index (χ3n) is 4.77. The molecule has 158 valence electrons. The van der Waals surface area contributed by atoms with Crippen LogP contribution in [0.2, 0.25) is 0 Å². The molecule has 7 heteroatoms. The second-order valence-corrected chi connectivity index (χ2v) is 8.33. The van der Waals surface area contributed by atoms with E-state index in [4.69, 9.17) is 4.74 Å². The Bertz CT molecular complexity index is 939. The molecule has 0 saturated carbocycles. The summed E-state index contributed by atoms with van der Waals surface area (Å²) in [4.78, 5) is 39.3. The minimum atomic E-state index is -0.618. The van der Waals surface area contributed by atoms with E-state index in [1.807, 2.05) is 49.6 Å². The van der Waals surface area contributed by atoms with Gasteiger partial charge in [0.25, 0.3) is 5.91 Å². The minimum Gasteiger partial charge on any atom is -0.452 e. The Balaban J connectivity index is 1.81. The van der Waals surface area contributed by atoms with Crippen molar-refractivity contribution in [2.75, 3.05) is 25.0 Å². The Morgan fingerprint density at radius 1 is 1.10 bits per heavy atom. The summed E-state index contributed by atoms with van der Waals surface area (Å²) in [5, 5.41) is 5.00. The van der Waals surface area contributed by atoms with E-state index < -0.39 is 5.97 Å². The van der Waals surface area contributed by atoms with E-state index in [1.165, 1.54) is 17.4 Å². The summed E-state index contributed by atoms with van der Waals surface area (Å²) in [7, 11) is 0. The number of ether oxygens (including phenoxy) is 1. The molecule has 0 bridgehead atoms. The molecule has 1 aromatic carbocycles. The lowest BCUT2D eigenvalue weighted by molar-refractivity contribution is -0.135. The van der Waals surface area contributed by atoms with Gasteiger partial charge in [0.05, 0.1) is 0 Å². The number of allylic oxidation sites excluding steroid dienone is 1. The standard InChI is InChI=1S/C23H26N2O4S/c1-16(2)13-19(26)24-22-21(18(15-30-22)17-9-5-3-6-10-17)23(28)29-14-20(27)25-11-7-4-8-12-25/h3,5-6,9-10,13,15H,4,7-8,11-12,14H2,1-2H3,(H,24,26). The molecule has 6 nitrogen and oxygen atoms in total. The molecule has 2 aromatic rings. The quantitative estimate of drug-likeness (QED) is 0.545. The number of likely N-dealkylation sites (tertiary alicyclic amines) is 1. The summed E-state index contributed by atoms with van der Waals surface area (Å²) in [5.41, 5.74) is 2.63. The van der Waals surface area contributed by atoms with E-state index in [9.17, 15) is 14.4 Å². The van der Waals surface area contributed by atoms with Gasteiger partial charge in [-0.1, -0.05) is 35.9 Å². The molecule has 1 aliphatic rings. The predicted octanol–water partition coefficient (Wildman–Crippen LogP) is 4.49. The van der Waals surface area contributed by atoms with Gasteiger partial charge in [-0.05, 0) is 38.7 Å². The lowest BCUT2D eigenvalue weighted by Crippen LogP contribution is -2.38. The van der Waals surface area contributed by atoms with Crippen LogP contribution in [-0.4, -0.2) is 42.4 Å². The van der Waals surface area contributed by atoms with Crippen LogP contribution < -0.4 is 5.32 Å². The smallest absolute Gasteiger partial charge is 0.342 e. The predicted molar refractivity (Wildman–Crippen MR) is 119 cm³/mol. The lowest BCUT2D eigenvalue weighted by atomic mass is 10.0. The first-order valence-corrected chi connectivity index (χ1v) is 10.9. The van der Waals surface area contributed by atoms with Crippen LogP contribution in [0.5, 0.6) is 0 Å². The van der Waals surface area contributed by atoms with Crippen molar-refractivity contribution in [2.45, 2.75) is 33.1 Å². The van der Waals surface area contributed by atoms with Crippen molar-refractivity contribution in [3.8, 4) is 11.1 Å². The molecule has 1 saturated heterocycles. The van der Waals surface area contributed by atoms with E-state index >= 15 is 0 Å². The van der Waals surface area contributed by atoms with Gasteiger partial charge < -0.3 is 15.0 Å². The number of piperidine rings is 1. The number of carbonyl (C=O) groups excluding carboxylic acids is 3. The minimum absolute atomic E-state index is 0.185. The maximum absolute atomic E-state index is 13.0. The molecule has 30 heavy (non-hydrogen) atoms. The lowest BCUT2D eigenvalue weighted by Gasteiger charge is -2.26. The van der Waals surface area contributed by atoms with Gasteiger partial charge >= 0.3 is 5.97 Å². The van der Waals surface area contributed by atoms with Crippen LogP contribution in [0.4, 0.5) is 5.00 Å². The van der Waals surface area contributed by atoms with Gasteiger partial charge in [-0.3, -0.25) is 9.59 Å². The van der Waals surface area contributed by atoms with Gasteiger partial charge in [-0.25, -0.2) is 4.79 Å². The van der Waals surface area contributed by atoms with Gasteiger partial charge in [0.15, 0.2) is 6.61 Å². The average molecular weight is 427 g/mol. The van der Waals surface area contributed by atoms with Crippen molar-refractivity contribution in [2.24, 2.45) is 0 Å². The fraction of sp³-hybridized carbons (Fsp3) is 0.348. The number of rotatable bonds is 6. The first kappa shape index (κ1) is 21.8. The van der Waals surface area contributed by atoms with Crippen LogP contribution >= 0.6 is 11.3 Å². The van der Waals surface area contributed by atoms with Crippen LogP contribution in [0.3, 0.4) is 0 Å². The molecular weight excluding hydrogens is 400 g/mol. The molecule has 2 amide bonds. The van der Waals surface area contributed by atoms with Gasteiger partial charge in [0, 0.05) is 30.1 Å². The molecule has 0 atom stereocenters. The number of anilines is 1. The Morgan fingerprint density at radius 3 is 2.47 bits per heavy atom. The number of nitrogens with one attached hydrogen (secondary N) is 1. The van der Waals surface area contributed by atoms with Crippen LogP contribution in [-0.2, 0) is 14.3 Å². The molecule has 1 N–H and O–H groups in total. The maximum Gasteiger partial charge on any atom is 0.342 e. The SMILES string of the molecule is CC(C)=CC(=O)Nc1scc(-c2ccccc2)c1C(=O)OCC(=O)N1CCCCC1. The zero-order valence-corrected chi connectivity index (χ0v) is 18.1. The van der Waals surface area contributed by atoms with E-state index in [0.717, 1.165) is 30.4 Å². The Hall–Kier alpha value is -2.93. The van der Waals surface area contributed by atoms with E-state index in [2.05, 4.69) is 5.32 Å². The highest BCUT2D eigenvalue weighted by Crippen LogP contribution is 2.36. The fourth-order valence-corrected chi connectivity index (χ4v) is 4.29. The molecule has 0 unspecified atom stereocenters. The second-order valence-electron chi connectivity index (χ2n) is 7.45. The molecule has 2 heterocycles. The number of amides is 2. The Morgan fingerprint density at radius 2 is 1.80 bits per heavy atom. The van der Waals surface area contributed by atoms with Crippen molar-refractivity contribution in [1.82, 2.24) is 4.90 Å². The van der Waals surface area contributed by atoms with Gasteiger partial charge in [-0.2, -0.15) is 0 Å². The number of thiophene rings is 1. The van der Waals surface area contributed by atoms with Gasteiger partial charge in [0.1, 0.15) is 10.6 Å². The van der Waals surface area contributed by atoms with Crippen molar-refractivity contribution < 1.29 is 19.1 Å². The molecule has 0 radical (unpaired) electrons. The first-order valence-electron chi connectivity index (χ1n) is 10.0. The van der Waals surface area contributed by atoms with E-state index in [-0.39, 0.29) is 24.0 Å². The van der Waals surface area contributed by atoms with Crippen molar-refractivity contribution in [3.05, 3.63) is 52.9 Å². The monoisotopic (exact) mass is 426 g/mol. The summed E-state index contributed by atoms with van der Waals surface area (Å²) in [5.74, 6) is -1.11. The summed E-state index contributed by atoms with van der Waals surface area (Å²) in [6.07, 6.45) is 4.54. The molecule has 3 rings (SSSR count). The summed E-state index contributed by atoms with van der Waals surface area (Å²) < 4.78 is 5.38. The number of hydrogen-bond donors (Lipinski definition) is 1. The Kier molecular flexibility index (Phi) is 7.41. The molecule has 1 aromatic heterocycles. The van der Waals surface area contributed by atoms with Crippen molar-refractivity contribution >= 4 is 34.1 Å². The third kappa shape index (κ3) is 5.57. The topological polar surface area (TPSA) is 75.7 Å². The van der Waals surface area contributed by atoms with Crippen LogP contribution in [0.1, 0.15) is 43.5 Å². The van der Waals surface area contributed by atoms with Crippen LogP contribution in [0.25, 0.3) is 11.1 Å². The number of hydrogen-bond acceptors (Lipinski definition) is 5. The van der Waals surface area contributed by atoms with Crippen molar-refractivity contribution in [3.63, 3.8) is 0 Å². The number of benzene rings is 1. The highest BCUT2D eigenvalue weighted by atomic mass is 32.1. The molecule has 0 aliphatic carbocycles. The van der Waals surface area contributed by atoms with E-state index in [0.29, 0.717) is 23.7 Å². The third-order valence-corrected chi connectivity index (χ3v) is 5.67.